The number of hydrogen-bond acceptors (Lipinski definition) is 3. The maximum absolute atomic E-state index is 13.3. The lowest BCUT2D eigenvalue weighted by Gasteiger charge is -2.38. The van der Waals surface area contributed by atoms with Crippen molar-refractivity contribution in [2.45, 2.75) is 25.8 Å². The van der Waals surface area contributed by atoms with Crippen LogP contribution in [0.5, 0.6) is 5.75 Å². The Morgan fingerprint density at radius 3 is 2.47 bits per heavy atom. The number of nitrogens with one attached hydrogen (secondary N) is 1. The van der Waals surface area contributed by atoms with Crippen LogP contribution in [0.25, 0.3) is 5.57 Å². The quantitative estimate of drug-likeness (QED) is 0.755. The van der Waals surface area contributed by atoms with Gasteiger partial charge in [-0.2, -0.15) is 0 Å². The Morgan fingerprint density at radius 1 is 1.06 bits per heavy atom. The van der Waals surface area contributed by atoms with E-state index in [2.05, 4.69) is 5.32 Å². The third-order valence-corrected chi connectivity index (χ3v) is 7.06. The molecule has 2 unspecified atom stereocenters. The summed E-state index contributed by atoms with van der Waals surface area (Å²) in [6.45, 7) is 3.16. The summed E-state index contributed by atoms with van der Waals surface area (Å²) in [6, 6.07) is 16.0. The predicted molar refractivity (Wildman–Crippen MR) is 119 cm³/mol. The van der Waals surface area contributed by atoms with Gasteiger partial charge in [0.05, 0.1) is 5.92 Å². The van der Waals surface area contributed by atoms with Crippen molar-refractivity contribution < 1.29 is 18.7 Å². The molecule has 1 aliphatic heterocycles. The molecule has 2 aromatic carbocycles. The summed E-state index contributed by atoms with van der Waals surface area (Å²) in [4.78, 5) is 27.5. The molecule has 2 amide bonds. The molecule has 5 rings (SSSR count). The standard InChI is InChI=1S/C26H27FN2O3/c1-16-23(17-6-3-2-4-7-17)24(16)26(31)28-25-18-10-11-19(25)14-29(13-18)22(30)15-32-21-9-5-8-20(27)12-21/h2-9,12,18-19,24-25H,10-11,13-15H2,1H3,(H,28,31)/t18-,19+,24?,25?. The second kappa shape index (κ2) is 8.41. The fourth-order valence-corrected chi connectivity index (χ4v) is 5.37. The van der Waals surface area contributed by atoms with Crippen molar-refractivity contribution in [3.63, 3.8) is 0 Å². The van der Waals surface area contributed by atoms with E-state index in [-0.39, 0.29) is 48.0 Å². The molecule has 2 aromatic rings. The van der Waals surface area contributed by atoms with Crippen LogP contribution in [-0.2, 0) is 9.59 Å². The van der Waals surface area contributed by atoms with Crippen LogP contribution in [0.1, 0.15) is 25.3 Å². The van der Waals surface area contributed by atoms with Crippen LogP contribution < -0.4 is 10.1 Å². The monoisotopic (exact) mass is 434 g/mol. The largest absolute Gasteiger partial charge is 0.484 e. The zero-order valence-electron chi connectivity index (χ0n) is 18.1. The number of halogens is 1. The van der Waals surface area contributed by atoms with E-state index in [0.29, 0.717) is 18.8 Å². The summed E-state index contributed by atoms with van der Waals surface area (Å²) >= 11 is 0. The number of carbonyl (C=O) groups excluding carboxylic acids is 2. The normalized spacial score (nSPS) is 26.1. The van der Waals surface area contributed by atoms with Gasteiger partial charge in [-0.15, -0.1) is 0 Å². The van der Waals surface area contributed by atoms with Crippen molar-refractivity contribution in [3.8, 4) is 5.75 Å². The fraction of sp³-hybridized carbons (Fsp3) is 0.385. The molecule has 1 heterocycles. The number of rotatable bonds is 6. The van der Waals surface area contributed by atoms with E-state index in [1.54, 1.807) is 12.1 Å². The van der Waals surface area contributed by atoms with Gasteiger partial charge in [0.1, 0.15) is 11.6 Å². The number of ether oxygens (including phenoxy) is 1. The van der Waals surface area contributed by atoms with E-state index in [0.717, 1.165) is 29.6 Å². The Labute approximate surface area is 187 Å². The highest BCUT2D eigenvalue weighted by Crippen LogP contribution is 2.47. The first-order chi connectivity index (χ1) is 15.5. The number of nitrogens with zero attached hydrogens (tertiary/aromatic N) is 1. The van der Waals surface area contributed by atoms with Crippen molar-refractivity contribution in [1.82, 2.24) is 10.2 Å². The second-order valence-electron chi connectivity index (χ2n) is 9.07. The van der Waals surface area contributed by atoms with Crippen molar-refractivity contribution >= 4 is 17.4 Å². The smallest absolute Gasteiger partial charge is 0.260 e. The molecule has 2 fully saturated rings. The Balaban J connectivity index is 1.15. The topological polar surface area (TPSA) is 58.6 Å². The zero-order chi connectivity index (χ0) is 22.2. The SMILES string of the molecule is CC1=C(c2ccccc2)C1C(=O)NC1[C@@H]2CC[C@H]1CN(C(=O)COc1cccc(F)c1)C2. The van der Waals surface area contributed by atoms with Gasteiger partial charge < -0.3 is 15.0 Å². The van der Waals surface area contributed by atoms with Crippen molar-refractivity contribution in [3.05, 3.63) is 71.6 Å². The van der Waals surface area contributed by atoms with Crippen LogP contribution in [0.2, 0.25) is 0 Å². The summed E-state index contributed by atoms with van der Waals surface area (Å²) in [6.07, 6.45) is 2.01. The third kappa shape index (κ3) is 4.01. The molecule has 0 spiro atoms. The highest BCUT2D eigenvalue weighted by Gasteiger charge is 2.47. The highest BCUT2D eigenvalue weighted by atomic mass is 19.1. The summed E-state index contributed by atoms with van der Waals surface area (Å²) in [5.41, 5.74) is 3.40. The molecule has 3 aliphatic rings. The van der Waals surface area contributed by atoms with Crippen molar-refractivity contribution in [1.29, 1.82) is 0 Å². The molecule has 5 nitrogen and oxygen atoms in total. The van der Waals surface area contributed by atoms with Crippen molar-refractivity contribution in [2.24, 2.45) is 17.8 Å². The first kappa shape index (κ1) is 20.7. The minimum atomic E-state index is -0.389. The molecule has 1 N–H and O–H groups in total. The summed E-state index contributed by atoms with van der Waals surface area (Å²) < 4.78 is 18.8. The molecular formula is C26H27FN2O3. The van der Waals surface area contributed by atoms with Gasteiger partial charge in [0.2, 0.25) is 5.91 Å². The Morgan fingerprint density at radius 2 is 1.78 bits per heavy atom. The van der Waals surface area contributed by atoms with Crippen LogP contribution in [0.15, 0.2) is 60.2 Å². The lowest BCUT2D eigenvalue weighted by Crippen LogP contribution is -2.55. The molecule has 166 valence electrons. The second-order valence-corrected chi connectivity index (χ2v) is 9.07. The molecule has 0 radical (unpaired) electrons. The molecule has 0 aromatic heterocycles. The number of fused-ring (bicyclic) bond motifs is 2. The minimum Gasteiger partial charge on any atom is -0.484 e. The van der Waals surface area contributed by atoms with Crippen LogP contribution >= 0.6 is 0 Å². The Hall–Kier alpha value is -3.15. The van der Waals surface area contributed by atoms with E-state index in [1.807, 2.05) is 42.2 Å². The fourth-order valence-electron chi connectivity index (χ4n) is 5.37. The number of hydrogen-bond donors (Lipinski definition) is 1. The van der Waals surface area contributed by atoms with Gasteiger partial charge >= 0.3 is 0 Å². The lowest BCUT2D eigenvalue weighted by molar-refractivity contribution is -0.136. The summed E-state index contributed by atoms with van der Waals surface area (Å²) in [5, 5.41) is 3.31. The van der Waals surface area contributed by atoms with Crippen LogP contribution in [-0.4, -0.2) is 42.5 Å². The maximum atomic E-state index is 13.3. The summed E-state index contributed by atoms with van der Waals surface area (Å²) in [5.74, 6) is 0.339. The molecule has 32 heavy (non-hydrogen) atoms. The highest BCUT2D eigenvalue weighted by molar-refractivity contribution is 6.06. The van der Waals surface area contributed by atoms with Gasteiger partial charge in [-0.3, -0.25) is 9.59 Å². The van der Waals surface area contributed by atoms with E-state index in [9.17, 15) is 14.0 Å². The minimum absolute atomic E-state index is 0.0810. The average molecular weight is 435 g/mol. The van der Waals surface area contributed by atoms with Crippen molar-refractivity contribution in [2.75, 3.05) is 19.7 Å². The van der Waals surface area contributed by atoms with Gasteiger partial charge in [-0.05, 0) is 54.9 Å². The van der Waals surface area contributed by atoms with Crippen LogP contribution in [0.4, 0.5) is 4.39 Å². The average Bonchev–Trinajstić information content (AvgIpc) is 3.43. The molecule has 1 saturated heterocycles. The number of piperidine rings is 1. The van der Waals surface area contributed by atoms with E-state index in [4.69, 9.17) is 4.74 Å². The number of carbonyl (C=O) groups is 2. The van der Waals surface area contributed by atoms with Gasteiger partial charge in [-0.25, -0.2) is 4.39 Å². The number of benzene rings is 2. The maximum Gasteiger partial charge on any atom is 0.260 e. The lowest BCUT2D eigenvalue weighted by atomic mass is 9.91. The van der Waals surface area contributed by atoms with E-state index in [1.165, 1.54) is 12.1 Å². The number of likely N-dealkylation sites (tertiary alicyclic amines) is 1. The first-order valence-corrected chi connectivity index (χ1v) is 11.2. The molecular weight excluding hydrogens is 407 g/mol. The number of amides is 2. The zero-order valence-corrected chi connectivity index (χ0v) is 18.1. The van der Waals surface area contributed by atoms with Gasteiger partial charge in [0, 0.05) is 25.2 Å². The molecule has 4 atom stereocenters. The van der Waals surface area contributed by atoms with Gasteiger partial charge in [-0.1, -0.05) is 42.0 Å². The Bertz CT molecular complexity index is 1050. The molecule has 2 bridgehead atoms. The summed E-state index contributed by atoms with van der Waals surface area (Å²) in [7, 11) is 0. The van der Waals surface area contributed by atoms with Crippen LogP contribution in [0, 0.1) is 23.6 Å². The molecule has 6 heteroatoms. The molecule has 1 saturated carbocycles. The predicted octanol–water partition coefficient (Wildman–Crippen LogP) is 3.66. The van der Waals surface area contributed by atoms with Crippen LogP contribution in [0.3, 0.4) is 0 Å². The molecule has 2 aliphatic carbocycles. The van der Waals surface area contributed by atoms with Gasteiger partial charge in [0.15, 0.2) is 6.61 Å². The first-order valence-electron chi connectivity index (χ1n) is 11.2. The third-order valence-electron chi connectivity index (χ3n) is 7.06. The Kier molecular flexibility index (Phi) is 5.45. The van der Waals surface area contributed by atoms with Gasteiger partial charge in [0.25, 0.3) is 5.91 Å². The van der Waals surface area contributed by atoms with E-state index >= 15 is 0 Å². The van der Waals surface area contributed by atoms with E-state index < -0.39 is 0 Å².